The predicted octanol–water partition coefficient (Wildman–Crippen LogP) is 6.69. The molecule has 0 saturated heterocycles. The van der Waals surface area contributed by atoms with Crippen LogP contribution in [0.25, 0.3) is 11.3 Å². The molecule has 3 heterocycles. The molecule has 262 valence electrons. The molecule has 0 spiro atoms. The zero-order valence-corrected chi connectivity index (χ0v) is 28.7. The van der Waals surface area contributed by atoms with Gasteiger partial charge in [-0.1, -0.05) is 0 Å². The summed E-state index contributed by atoms with van der Waals surface area (Å²) >= 11 is 0. The predicted molar refractivity (Wildman–Crippen MR) is 183 cm³/mol. The molecule has 7 rings (SSSR count). The minimum absolute atomic E-state index is 0.0875. The Balaban J connectivity index is 1.01. The molecule has 0 unspecified atom stereocenters. The topological polar surface area (TPSA) is 140 Å². The third kappa shape index (κ3) is 8.09. The fraction of sp³-hybridized carbons (Fsp3) is 0.605. The van der Waals surface area contributed by atoms with E-state index in [0.29, 0.717) is 68.3 Å². The number of hydrogen-bond donors (Lipinski definition) is 2. The van der Waals surface area contributed by atoms with E-state index < -0.39 is 6.09 Å². The van der Waals surface area contributed by atoms with Gasteiger partial charge in [-0.05, 0) is 120 Å². The van der Waals surface area contributed by atoms with Crippen LogP contribution in [0.1, 0.15) is 106 Å². The molecular weight excluding hydrogens is 622 g/mol. The van der Waals surface area contributed by atoms with Gasteiger partial charge in [0.25, 0.3) is 0 Å². The lowest BCUT2D eigenvalue weighted by atomic mass is 9.79. The first-order valence-corrected chi connectivity index (χ1v) is 18.2. The van der Waals surface area contributed by atoms with Crippen molar-refractivity contribution in [1.29, 1.82) is 0 Å². The molecule has 3 aromatic heterocycles. The molecule has 4 saturated carbocycles. The number of oxazole rings is 1. The number of ether oxygens (including phenoxy) is 2. The van der Waals surface area contributed by atoms with Crippen LogP contribution in [0.5, 0.6) is 5.75 Å². The quantitative estimate of drug-likeness (QED) is 0.228. The number of anilines is 1. The number of aromatic nitrogens is 3. The van der Waals surface area contributed by atoms with Crippen molar-refractivity contribution in [2.45, 2.75) is 108 Å². The Hall–Kier alpha value is -3.99. The van der Waals surface area contributed by atoms with Crippen LogP contribution >= 0.6 is 0 Å². The lowest BCUT2D eigenvalue weighted by molar-refractivity contribution is -0.124. The highest BCUT2D eigenvalue weighted by Gasteiger charge is 2.35. The highest BCUT2D eigenvalue weighted by atomic mass is 16.6. The van der Waals surface area contributed by atoms with E-state index in [2.05, 4.69) is 11.4 Å². The molecule has 0 bridgehead atoms. The molecule has 2 amide bonds. The van der Waals surface area contributed by atoms with Crippen LogP contribution in [-0.4, -0.2) is 64.5 Å². The van der Waals surface area contributed by atoms with E-state index in [1.165, 1.54) is 0 Å². The maximum absolute atomic E-state index is 14.4. The largest absolute Gasteiger partial charge is 0.495 e. The molecular formula is C38H49N5O6. The molecule has 49 heavy (non-hydrogen) atoms. The Morgan fingerprint density at radius 1 is 0.959 bits per heavy atom. The highest BCUT2D eigenvalue weighted by molar-refractivity contribution is 5.94. The summed E-state index contributed by atoms with van der Waals surface area (Å²) in [6, 6.07) is 8.00. The third-order valence-electron chi connectivity index (χ3n) is 11.1. The number of nitrogens with zero attached hydrogens (tertiary/aromatic N) is 4. The fourth-order valence-corrected chi connectivity index (χ4v) is 7.81. The lowest BCUT2D eigenvalue weighted by Gasteiger charge is -2.35. The number of carbonyl (C=O) groups excluding carboxylic acids is 2. The maximum Gasteiger partial charge on any atom is 0.407 e. The van der Waals surface area contributed by atoms with E-state index in [1.807, 2.05) is 30.0 Å². The number of aliphatic hydroxyl groups is 1. The van der Waals surface area contributed by atoms with E-state index in [1.54, 1.807) is 19.6 Å². The van der Waals surface area contributed by atoms with Gasteiger partial charge in [0.1, 0.15) is 29.6 Å². The zero-order valence-electron chi connectivity index (χ0n) is 28.7. The minimum Gasteiger partial charge on any atom is -0.495 e. The zero-order chi connectivity index (χ0) is 33.9. The fourth-order valence-electron chi connectivity index (χ4n) is 7.81. The highest BCUT2D eigenvalue weighted by Crippen LogP contribution is 2.41. The van der Waals surface area contributed by atoms with Gasteiger partial charge in [0, 0.05) is 48.3 Å². The van der Waals surface area contributed by atoms with E-state index in [-0.39, 0.29) is 24.0 Å². The molecule has 11 heteroatoms. The molecule has 4 aliphatic carbocycles. The Morgan fingerprint density at radius 2 is 1.71 bits per heavy atom. The van der Waals surface area contributed by atoms with Crippen molar-refractivity contribution < 1.29 is 28.6 Å². The molecule has 4 fully saturated rings. The number of amides is 2. The molecule has 4 aliphatic rings. The van der Waals surface area contributed by atoms with Gasteiger partial charge in [-0.15, -0.1) is 0 Å². The average Bonchev–Trinajstić information content (AvgIpc) is 3.84. The summed E-state index contributed by atoms with van der Waals surface area (Å²) in [6.45, 7) is 3.12. The van der Waals surface area contributed by atoms with Gasteiger partial charge in [-0.25, -0.2) is 14.8 Å². The van der Waals surface area contributed by atoms with E-state index in [0.717, 1.165) is 85.7 Å². The molecule has 11 nitrogen and oxygen atoms in total. The van der Waals surface area contributed by atoms with Crippen molar-refractivity contribution >= 4 is 17.8 Å². The standard InChI is InChI=1S/C38H49N5O6/c1-23-34(47-2)14-13-32(41-23)26-5-3-24(4-6-26)21-43(35-19-29(15-16-39-35)33-22-48-36(42-33)27-7-8-27)37(45)28-9-11-31(12-10-28)49-38(46)40-20-25-17-30(44)18-25/h13-16,19,22,24-28,30-31,44H,3-12,17-18,20-21H2,1-2H3,(H,40,46). The molecule has 0 aromatic carbocycles. The van der Waals surface area contributed by atoms with Gasteiger partial charge in [-0.3, -0.25) is 14.7 Å². The van der Waals surface area contributed by atoms with Gasteiger partial charge in [0.05, 0.1) is 18.9 Å². The number of aliphatic hydroxyl groups excluding tert-OH is 1. The second-order valence-corrected chi connectivity index (χ2v) is 14.7. The van der Waals surface area contributed by atoms with Gasteiger partial charge in [-0.2, -0.15) is 0 Å². The molecule has 2 N–H and O–H groups in total. The summed E-state index contributed by atoms with van der Waals surface area (Å²) < 4.78 is 16.9. The number of carbonyl (C=O) groups is 2. The van der Waals surface area contributed by atoms with E-state index in [4.69, 9.17) is 28.8 Å². The summed E-state index contributed by atoms with van der Waals surface area (Å²) in [6.07, 6.45) is 13.0. The van der Waals surface area contributed by atoms with E-state index >= 15 is 0 Å². The summed E-state index contributed by atoms with van der Waals surface area (Å²) in [4.78, 5) is 43.0. The van der Waals surface area contributed by atoms with Crippen molar-refractivity contribution in [1.82, 2.24) is 20.3 Å². The van der Waals surface area contributed by atoms with Crippen molar-refractivity contribution in [3.8, 4) is 17.0 Å². The molecule has 0 atom stereocenters. The number of pyridine rings is 2. The Kier molecular flexibility index (Phi) is 10.2. The number of aryl methyl sites for hydroxylation is 1. The van der Waals surface area contributed by atoms with Crippen LogP contribution in [0.3, 0.4) is 0 Å². The number of alkyl carbamates (subject to hydrolysis) is 1. The summed E-state index contributed by atoms with van der Waals surface area (Å²) in [5, 5.41) is 12.3. The van der Waals surface area contributed by atoms with Crippen molar-refractivity contribution in [3.63, 3.8) is 0 Å². The van der Waals surface area contributed by atoms with Crippen LogP contribution in [0.2, 0.25) is 0 Å². The Labute approximate surface area is 288 Å². The van der Waals surface area contributed by atoms with Crippen LogP contribution < -0.4 is 15.0 Å². The number of methoxy groups -OCH3 is 1. The van der Waals surface area contributed by atoms with Crippen molar-refractivity contribution in [2.75, 3.05) is 25.1 Å². The monoisotopic (exact) mass is 671 g/mol. The smallest absolute Gasteiger partial charge is 0.407 e. The number of nitrogens with one attached hydrogen (secondary N) is 1. The minimum atomic E-state index is -0.410. The van der Waals surface area contributed by atoms with Gasteiger partial charge in [0.15, 0.2) is 5.89 Å². The second-order valence-electron chi connectivity index (χ2n) is 14.7. The molecule has 3 aromatic rings. The first kappa shape index (κ1) is 33.5. The summed E-state index contributed by atoms with van der Waals surface area (Å²) in [7, 11) is 1.67. The lowest BCUT2D eigenvalue weighted by Crippen LogP contribution is -2.43. The maximum atomic E-state index is 14.4. The summed E-state index contributed by atoms with van der Waals surface area (Å²) in [5.74, 6) is 3.64. The molecule has 0 aliphatic heterocycles. The van der Waals surface area contributed by atoms with Crippen molar-refractivity contribution in [3.05, 3.63) is 54.0 Å². The van der Waals surface area contributed by atoms with Crippen molar-refractivity contribution in [2.24, 2.45) is 17.8 Å². The normalized spacial score (nSPS) is 26.8. The van der Waals surface area contributed by atoms with Crippen LogP contribution in [-0.2, 0) is 9.53 Å². The third-order valence-corrected chi connectivity index (χ3v) is 11.1. The second kappa shape index (κ2) is 14.9. The molecule has 0 radical (unpaired) electrons. The summed E-state index contributed by atoms with van der Waals surface area (Å²) in [5.41, 5.74) is 3.69. The first-order valence-electron chi connectivity index (χ1n) is 18.2. The van der Waals surface area contributed by atoms with Crippen LogP contribution in [0, 0.1) is 24.7 Å². The van der Waals surface area contributed by atoms with Gasteiger partial charge in [0.2, 0.25) is 5.91 Å². The first-order chi connectivity index (χ1) is 23.8. The van der Waals surface area contributed by atoms with Gasteiger partial charge >= 0.3 is 6.09 Å². The van der Waals surface area contributed by atoms with E-state index in [9.17, 15) is 14.7 Å². The van der Waals surface area contributed by atoms with Crippen LogP contribution in [0.15, 0.2) is 41.1 Å². The Morgan fingerprint density at radius 3 is 2.41 bits per heavy atom. The van der Waals surface area contributed by atoms with Crippen LogP contribution in [0.4, 0.5) is 10.6 Å². The number of rotatable bonds is 11. The Bertz CT molecular complexity index is 1600. The average molecular weight is 672 g/mol. The SMILES string of the molecule is COc1ccc(C2CCC(CN(C(=O)C3CCC(OC(=O)NCC4CC(O)C4)CC3)c3cc(-c4coc(C5CC5)n4)ccn3)CC2)nc1C. The number of hydrogen-bond acceptors (Lipinski definition) is 9. The van der Waals surface area contributed by atoms with Gasteiger partial charge < -0.3 is 24.3 Å².